The largest absolute Gasteiger partial charge is 0.342 e. The van der Waals surface area contributed by atoms with Crippen molar-refractivity contribution in [3.63, 3.8) is 0 Å². The molecule has 30 heavy (non-hydrogen) atoms. The first-order valence-corrected chi connectivity index (χ1v) is 10.8. The zero-order valence-electron chi connectivity index (χ0n) is 17.1. The monoisotopic (exact) mass is 420 g/mol. The third-order valence-corrected chi connectivity index (χ3v) is 6.63. The first-order valence-electron chi connectivity index (χ1n) is 10.5. The number of amides is 1. The van der Waals surface area contributed by atoms with Crippen molar-refractivity contribution >= 4 is 17.5 Å². The van der Waals surface area contributed by atoms with Gasteiger partial charge in [0.2, 0.25) is 5.91 Å². The Balaban J connectivity index is 1.36. The van der Waals surface area contributed by atoms with Crippen LogP contribution in [-0.2, 0) is 37.1 Å². The van der Waals surface area contributed by atoms with Crippen LogP contribution in [0, 0.1) is 0 Å². The number of benzene rings is 2. The second-order valence-corrected chi connectivity index (χ2v) is 8.70. The Morgan fingerprint density at radius 1 is 1.07 bits per heavy atom. The van der Waals surface area contributed by atoms with Crippen molar-refractivity contribution in [3.8, 4) is 11.3 Å². The maximum absolute atomic E-state index is 12.9. The first-order chi connectivity index (χ1) is 14.6. The van der Waals surface area contributed by atoms with E-state index in [2.05, 4.69) is 35.2 Å². The zero-order valence-corrected chi connectivity index (χ0v) is 17.9. The molecule has 0 atom stereocenters. The molecule has 0 bridgehead atoms. The van der Waals surface area contributed by atoms with Gasteiger partial charge in [0.15, 0.2) is 0 Å². The molecule has 3 aromatic rings. The average Bonchev–Trinajstić information content (AvgIpc) is 3.25. The second-order valence-electron chi connectivity index (χ2n) is 8.29. The van der Waals surface area contributed by atoms with E-state index in [1.165, 1.54) is 22.3 Å². The van der Waals surface area contributed by atoms with Crippen LogP contribution >= 0.6 is 11.6 Å². The number of hydrogen-bond donors (Lipinski definition) is 1. The van der Waals surface area contributed by atoms with Crippen molar-refractivity contribution in [2.75, 3.05) is 20.1 Å². The van der Waals surface area contributed by atoms with Crippen LogP contribution in [0.25, 0.3) is 11.3 Å². The summed E-state index contributed by atoms with van der Waals surface area (Å²) in [5, 5.41) is 8.61. The van der Waals surface area contributed by atoms with Crippen molar-refractivity contribution in [3.05, 3.63) is 75.4 Å². The van der Waals surface area contributed by atoms with Gasteiger partial charge < -0.3 is 4.90 Å². The Bertz CT molecular complexity index is 1110. The molecule has 5 rings (SSSR count). The van der Waals surface area contributed by atoms with Crippen molar-refractivity contribution in [2.45, 2.75) is 32.4 Å². The van der Waals surface area contributed by atoms with Crippen LogP contribution in [0.2, 0.25) is 5.02 Å². The summed E-state index contributed by atoms with van der Waals surface area (Å²) >= 11 is 6.25. The van der Waals surface area contributed by atoms with Crippen LogP contribution in [0.3, 0.4) is 0 Å². The maximum Gasteiger partial charge on any atom is 0.227 e. The summed E-state index contributed by atoms with van der Waals surface area (Å²) in [6, 6.07) is 14.1. The molecule has 1 N–H and O–H groups in total. The number of hydrogen-bond acceptors (Lipinski definition) is 3. The molecule has 154 valence electrons. The molecule has 0 unspecified atom stereocenters. The van der Waals surface area contributed by atoms with Gasteiger partial charge in [-0.3, -0.25) is 14.8 Å². The normalized spacial score (nSPS) is 16.3. The topological polar surface area (TPSA) is 52.2 Å². The van der Waals surface area contributed by atoms with E-state index in [-0.39, 0.29) is 5.91 Å². The minimum Gasteiger partial charge on any atom is -0.342 e. The molecule has 0 radical (unpaired) electrons. The average molecular weight is 421 g/mol. The lowest BCUT2D eigenvalue weighted by atomic mass is 9.96. The number of nitrogens with one attached hydrogen (secondary N) is 1. The SMILES string of the molecule is CN1Cc2cccc(-c3n[nH]c4c3CCN(C(=O)Cc3ccccc3Cl)CC4)c2C1. The molecule has 2 aliphatic rings. The summed E-state index contributed by atoms with van der Waals surface area (Å²) < 4.78 is 0. The van der Waals surface area contributed by atoms with Crippen LogP contribution in [0.5, 0.6) is 0 Å². The number of rotatable bonds is 3. The van der Waals surface area contributed by atoms with Gasteiger partial charge in [0.05, 0.1) is 12.1 Å². The molecule has 2 aromatic carbocycles. The molecule has 3 heterocycles. The maximum atomic E-state index is 12.9. The van der Waals surface area contributed by atoms with Gasteiger partial charge in [-0.25, -0.2) is 0 Å². The lowest BCUT2D eigenvalue weighted by Gasteiger charge is -2.20. The minimum absolute atomic E-state index is 0.130. The summed E-state index contributed by atoms with van der Waals surface area (Å²) in [6.07, 6.45) is 1.96. The summed E-state index contributed by atoms with van der Waals surface area (Å²) in [5.74, 6) is 0.130. The van der Waals surface area contributed by atoms with Gasteiger partial charge >= 0.3 is 0 Å². The third-order valence-electron chi connectivity index (χ3n) is 6.26. The van der Waals surface area contributed by atoms with Crippen molar-refractivity contribution in [1.82, 2.24) is 20.0 Å². The smallest absolute Gasteiger partial charge is 0.227 e. The van der Waals surface area contributed by atoms with E-state index in [9.17, 15) is 4.79 Å². The molecular weight excluding hydrogens is 396 g/mol. The first kappa shape index (κ1) is 19.3. The molecule has 5 nitrogen and oxygen atoms in total. The summed E-state index contributed by atoms with van der Waals surface area (Å²) in [4.78, 5) is 17.2. The van der Waals surface area contributed by atoms with Gasteiger partial charge in [-0.1, -0.05) is 48.0 Å². The predicted octanol–water partition coefficient (Wildman–Crippen LogP) is 3.85. The number of carbonyl (C=O) groups excluding carboxylic acids is 1. The van der Waals surface area contributed by atoms with Gasteiger partial charge in [-0.2, -0.15) is 5.10 Å². The lowest BCUT2D eigenvalue weighted by molar-refractivity contribution is -0.130. The second kappa shape index (κ2) is 7.89. The fourth-order valence-electron chi connectivity index (χ4n) is 4.68. The summed E-state index contributed by atoms with van der Waals surface area (Å²) in [7, 11) is 2.15. The Morgan fingerprint density at radius 2 is 1.90 bits per heavy atom. The molecule has 0 saturated heterocycles. The van der Waals surface area contributed by atoms with Crippen LogP contribution in [0.15, 0.2) is 42.5 Å². The van der Waals surface area contributed by atoms with Gasteiger partial charge in [-0.05, 0) is 36.2 Å². The highest BCUT2D eigenvalue weighted by Crippen LogP contribution is 2.34. The number of aromatic nitrogens is 2. The van der Waals surface area contributed by atoms with E-state index >= 15 is 0 Å². The fraction of sp³-hybridized carbons (Fsp3) is 0.333. The van der Waals surface area contributed by atoms with Gasteiger partial charge in [-0.15, -0.1) is 0 Å². The van der Waals surface area contributed by atoms with Crippen LogP contribution in [0.1, 0.15) is 27.9 Å². The van der Waals surface area contributed by atoms with Crippen molar-refractivity contribution in [1.29, 1.82) is 0 Å². The molecule has 6 heteroatoms. The lowest BCUT2D eigenvalue weighted by Crippen LogP contribution is -2.34. The molecule has 0 aliphatic carbocycles. The van der Waals surface area contributed by atoms with Crippen molar-refractivity contribution in [2.24, 2.45) is 0 Å². The van der Waals surface area contributed by atoms with Gasteiger partial charge in [0, 0.05) is 54.4 Å². The molecule has 1 amide bonds. The summed E-state index contributed by atoms with van der Waals surface area (Å²) in [5.41, 5.74) is 8.34. The van der Waals surface area contributed by atoms with E-state index in [4.69, 9.17) is 16.7 Å². The Morgan fingerprint density at radius 3 is 2.77 bits per heavy atom. The number of halogens is 1. The highest BCUT2D eigenvalue weighted by Gasteiger charge is 2.26. The van der Waals surface area contributed by atoms with Crippen molar-refractivity contribution < 1.29 is 4.79 Å². The third kappa shape index (κ3) is 3.53. The number of H-pyrrole nitrogens is 1. The predicted molar refractivity (Wildman–Crippen MR) is 118 cm³/mol. The highest BCUT2D eigenvalue weighted by atomic mass is 35.5. The molecule has 2 aliphatic heterocycles. The van der Waals surface area contributed by atoms with Gasteiger partial charge in [0.25, 0.3) is 0 Å². The number of aromatic amines is 1. The number of fused-ring (bicyclic) bond motifs is 2. The fourth-order valence-corrected chi connectivity index (χ4v) is 4.88. The highest BCUT2D eigenvalue weighted by molar-refractivity contribution is 6.31. The van der Waals surface area contributed by atoms with Crippen LogP contribution in [-0.4, -0.2) is 46.0 Å². The Labute approximate surface area is 181 Å². The van der Waals surface area contributed by atoms with E-state index in [0.717, 1.165) is 42.9 Å². The van der Waals surface area contributed by atoms with Crippen LogP contribution in [0.4, 0.5) is 0 Å². The zero-order chi connectivity index (χ0) is 20.7. The summed E-state index contributed by atoms with van der Waals surface area (Å²) in [6.45, 7) is 3.35. The van der Waals surface area contributed by atoms with E-state index in [0.29, 0.717) is 24.5 Å². The molecule has 0 fully saturated rings. The quantitative estimate of drug-likeness (QED) is 0.700. The number of carbonyl (C=O) groups is 1. The van der Waals surface area contributed by atoms with Crippen LogP contribution < -0.4 is 0 Å². The Kier molecular flexibility index (Phi) is 5.09. The van der Waals surface area contributed by atoms with E-state index in [1.807, 2.05) is 29.2 Å². The standard InChI is InChI=1S/C24H25ClN4O/c1-28-14-17-6-4-7-18(20(17)15-28)24-19-9-11-29(12-10-22(19)26-27-24)23(30)13-16-5-2-3-8-21(16)25/h2-8H,9-15H2,1H3,(H,26,27). The number of nitrogens with zero attached hydrogens (tertiary/aromatic N) is 3. The molecule has 0 spiro atoms. The van der Waals surface area contributed by atoms with Gasteiger partial charge in [0.1, 0.15) is 0 Å². The minimum atomic E-state index is 0.130. The molecule has 1 aromatic heterocycles. The van der Waals surface area contributed by atoms with E-state index < -0.39 is 0 Å². The molecular formula is C24H25ClN4O. The molecule has 0 saturated carbocycles. The van der Waals surface area contributed by atoms with E-state index in [1.54, 1.807) is 0 Å². The Hall–Kier alpha value is -2.63.